The molecule has 0 saturated heterocycles. The molecule has 0 aliphatic heterocycles. The molecule has 2 rings (SSSR count). The molecule has 0 atom stereocenters. The number of nitriles is 1. The molecule has 1 aromatic heterocycles. The Labute approximate surface area is 128 Å². The highest BCUT2D eigenvalue weighted by atomic mass is 16.6. The first-order valence-corrected chi connectivity index (χ1v) is 6.78. The van der Waals surface area contributed by atoms with Crippen LogP contribution in [0, 0.1) is 11.3 Å². The molecule has 0 radical (unpaired) electrons. The molecule has 0 aliphatic carbocycles. The van der Waals surface area contributed by atoms with E-state index in [0.29, 0.717) is 11.2 Å². The second kappa shape index (κ2) is 5.53. The van der Waals surface area contributed by atoms with E-state index < -0.39 is 11.7 Å². The van der Waals surface area contributed by atoms with Crippen molar-refractivity contribution < 1.29 is 14.3 Å². The summed E-state index contributed by atoms with van der Waals surface area (Å²) < 4.78 is 6.65. The van der Waals surface area contributed by atoms with Gasteiger partial charge in [0.25, 0.3) is 0 Å². The number of nitrogens with zero attached hydrogens (tertiary/aromatic N) is 2. The van der Waals surface area contributed by atoms with E-state index in [1.165, 1.54) is 11.5 Å². The van der Waals surface area contributed by atoms with Gasteiger partial charge < -0.3 is 10.1 Å². The van der Waals surface area contributed by atoms with Crippen LogP contribution in [0.4, 0.5) is 10.5 Å². The fourth-order valence-corrected chi connectivity index (χ4v) is 2.09. The first kappa shape index (κ1) is 15.6. The number of hydrogen-bond acceptors (Lipinski definition) is 4. The molecule has 0 fully saturated rings. The number of aromatic nitrogens is 1. The van der Waals surface area contributed by atoms with Crippen LogP contribution in [0.25, 0.3) is 10.9 Å². The number of fused-ring (bicyclic) bond motifs is 1. The van der Waals surface area contributed by atoms with E-state index in [1.54, 1.807) is 45.2 Å². The van der Waals surface area contributed by atoms with E-state index in [-0.39, 0.29) is 11.5 Å². The Kier molecular flexibility index (Phi) is 3.91. The lowest BCUT2D eigenvalue weighted by Gasteiger charge is -2.20. The fourth-order valence-electron chi connectivity index (χ4n) is 2.09. The number of carbonyl (C=O) groups is 2. The molecule has 2 aromatic rings. The summed E-state index contributed by atoms with van der Waals surface area (Å²) in [6, 6.07) is 7.07. The summed E-state index contributed by atoms with van der Waals surface area (Å²) in [6.07, 6.45) is 0.995. The standard InChI is InChI=1S/C16H17N3O3/c1-10(20)18-13-12(9-17)6-5-11-7-8-19(14(11)13)15(21)22-16(2,3)4/h5-8H,1-4H3,(H,18,20). The zero-order chi connectivity index (χ0) is 16.5. The monoisotopic (exact) mass is 299 g/mol. The Morgan fingerprint density at radius 2 is 1.95 bits per heavy atom. The molecule has 114 valence electrons. The third kappa shape index (κ3) is 3.09. The van der Waals surface area contributed by atoms with Gasteiger partial charge >= 0.3 is 6.09 Å². The van der Waals surface area contributed by atoms with Gasteiger partial charge in [0, 0.05) is 18.5 Å². The topological polar surface area (TPSA) is 84.1 Å². The second-order valence-corrected chi connectivity index (χ2v) is 5.89. The maximum atomic E-state index is 12.3. The fraction of sp³-hybridized carbons (Fsp3) is 0.312. The van der Waals surface area contributed by atoms with Gasteiger partial charge in [0.05, 0.1) is 16.8 Å². The van der Waals surface area contributed by atoms with Gasteiger partial charge in [-0.1, -0.05) is 6.07 Å². The Bertz CT molecular complexity index is 791. The first-order chi connectivity index (χ1) is 10.2. The molecule has 1 amide bonds. The average molecular weight is 299 g/mol. The average Bonchev–Trinajstić information content (AvgIpc) is 2.80. The van der Waals surface area contributed by atoms with Gasteiger partial charge in [-0.3, -0.25) is 9.36 Å². The van der Waals surface area contributed by atoms with Gasteiger partial charge in [0.1, 0.15) is 11.7 Å². The largest absolute Gasteiger partial charge is 0.443 e. The minimum Gasteiger partial charge on any atom is -0.443 e. The number of ether oxygens (including phenoxy) is 1. The molecule has 0 aliphatic rings. The number of rotatable bonds is 1. The molecule has 1 N–H and O–H groups in total. The van der Waals surface area contributed by atoms with Crippen LogP contribution in [0.5, 0.6) is 0 Å². The van der Waals surface area contributed by atoms with E-state index in [1.807, 2.05) is 6.07 Å². The van der Waals surface area contributed by atoms with Crippen LogP contribution in [0.2, 0.25) is 0 Å². The Hall–Kier alpha value is -2.81. The van der Waals surface area contributed by atoms with Crippen molar-refractivity contribution in [2.45, 2.75) is 33.3 Å². The summed E-state index contributed by atoms with van der Waals surface area (Å²) in [4.78, 5) is 23.7. The molecule has 1 aromatic carbocycles. The van der Waals surface area contributed by atoms with Gasteiger partial charge in [-0.2, -0.15) is 5.26 Å². The van der Waals surface area contributed by atoms with Gasteiger partial charge in [-0.25, -0.2) is 4.79 Å². The predicted molar refractivity (Wildman–Crippen MR) is 82.6 cm³/mol. The second-order valence-electron chi connectivity index (χ2n) is 5.89. The third-order valence-electron chi connectivity index (χ3n) is 2.86. The molecule has 0 spiro atoms. The van der Waals surface area contributed by atoms with Crippen molar-refractivity contribution in [1.82, 2.24) is 4.57 Å². The molecular weight excluding hydrogens is 282 g/mol. The van der Waals surface area contributed by atoms with E-state index in [9.17, 15) is 14.9 Å². The molecule has 22 heavy (non-hydrogen) atoms. The van der Waals surface area contributed by atoms with Gasteiger partial charge in [0.2, 0.25) is 5.91 Å². The lowest BCUT2D eigenvalue weighted by molar-refractivity contribution is -0.114. The molecule has 0 unspecified atom stereocenters. The first-order valence-electron chi connectivity index (χ1n) is 6.78. The van der Waals surface area contributed by atoms with Crippen molar-refractivity contribution in [3.8, 4) is 6.07 Å². The van der Waals surface area contributed by atoms with E-state index in [2.05, 4.69) is 5.32 Å². The maximum absolute atomic E-state index is 12.3. The normalized spacial score (nSPS) is 11.0. The van der Waals surface area contributed by atoms with Crippen LogP contribution in [0.1, 0.15) is 33.3 Å². The molecule has 1 heterocycles. The summed E-state index contributed by atoms with van der Waals surface area (Å²) in [5.41, 5.74) is 0.396. The van der Waals surface area contributed by atoms with Crippen LogP contribution in [-0.4, -0.2) is 22.2 Å². The quantitative estimate of drug-likeness (QED) is 0.876. The number of benzene rings is 1. The predicted octanol–water partition coefficient (Wildman–Crippen LogP) is 3.25. The van der Waals surface area contributed by atoms with Crippen molar-refractivity contribution in [2.24, 2.45) is 0 Å². The number of hydrogen-bond donors (Lipinski definition) is 1. The van der Waals surface area contributed by atoms with Crippen molar-refractivity contribution in [3.63, 3.8) is 0 Å². The Morgan fingerprint density at radius 1 is 1.27 bits per heavy atom. The van der Waals surface area contributed by atoms with Crippen molar-refractivity contribution in [1.29, 1.82) is 5.26 Å². The van der Waals surface area contributed by atoms with E-state index >= 15 is 0 Å². The highest BCUT2D eigenvalue weighted by Crippen LogP contribution is 2.29. The van der Waals surface area contributed by atoms with Crippen LogP contribution in [0.3, 0.4) is 0 Å². The Balaban J connectivity index is 2.64. The zero-order valence-corrected chi connectivity index (χ0v) is 12.9. The molecule has 6 heteroatoms. The van der Waals surface area contributed by atoms with Crippen molar-refractivity contribution in [2.75, 3.05) is 5.32 Å². The number of nitrogens with one attached hydrogen (secondary N) is 1. The third-order valence-corrected chi connectivity index (χ3v) is 2.86. The number of carbonyl (C=O) groups excluding carboxylic acids is 2. The van der Waals surface area contributed by atoms with E-state index in [0.717, 1.165) is 5.39 Å². The molecule has 0 saturated carbocycles. The summed E-state index contributed by atoms with van der Waals surface area (Å²) in [6.45, 7) is 6.66. The minimum atomic E-state index is -0.644. The smallest absolute Gasteiger partial charge is 0.419 e. The minimum absolute atomic E-state index is 0.284. The van der Waals surface area contributed by atoms with Gasteiger partial charge in [-0.15, -0.1) is 0 Å². The molecular formula is C16H17N3O3. The van der Waals surface area contributed by atoms with Crippen LogP contribution >= 0.6 is 0 Å². The van der Waals surface area contributed by atoms with Crippen LogP contribution < -0.4 is 5.32 Å². The zero-order valence-electron chi connectivity index (χ0n) is 12.9. The SMILES string of the molecule is CC(=O)Nc1c(C#N)ccc2ccn(C(=O)OC(C)(C)C)c12. The lowest BCUT2D eigenvalue weighted by atomic mass is 10.1. The van der Waals surface area contributed by atoms with Crippen LogP contribution in [-0.2, 0) is 9.53 Å². The molecule has 0 bridgehead atoms. The van der Waals surface area contributed by atoms with Crippen molar-refractivity contribution >= 4 is 28.6 Å². The Morgan fingerprint density at radius 3 is 2.50 bits per heavy atom. The van der Waals surface area contributed by atoms with E-state index in [4.69, 9.17) is 4.74 Å². The van der Waals surface area contributed by atoms with Gasteiger partial charge in [0.15, 0.2) is 0 Å². The summed E-state index contributed by atoms with van der Waals surface area (Å²) in [5.74, 6) is -0.319. The van der Waals surface area contributed by atoms with Crippen molar-refractivity contribution in [3.05, 3.63) is 30.0 Å². The molecule has 6 nitrogen and oxygen atoms in total. The van der Waals surface area contributed by atoms with Crippen LogP contribution in [0.15, 0.2) is 24.4 Å². The highest BCUT2D eigenvalue weighted by molar-refractivity contribution is 6.05. The summed E-state index contributed by atoms with van der Waals surface area (Å²) in [7, 11) is 0. The summed E-state index contributed by atoms with van der Waals surface area (Å²) in [5, 5.41) is 12.6. The number of amides is 1. The summed E-state index contributed by atoms with van der Waals surface area (Å²) >= 11 is 0. The maximum Gasteiger partial charge on any atom is 0.419 e. The number of anilines is 1. The lowest BCUT2D eigenvalue weighted by Crippen LogP contribution is -2.27. The van der Waals surface area contributed by atoms with Gasteiger partial charge in [-0.05, 0) is 32.9 Å². The highest BCUT2D eigenvalue weighted by Gasteiger charge is 2.21.